The molecule has 1 fully saturated rings. The van der Waals surface area contributed by atoms with Crippen molar-refractivity contribution in [2.45, 2.75) is 58.9 Å². The highest BCUT2D eigenvalue weighted by Crippen LogP contribution is 2.36. The van der Waals surface area contributed by atoms with Crippen LogP contribution >= 0.6 is 0 Å². The normalized spacial score (nSPS) is 22.7. The minimum Gasteiger partial charge on any atom is -0.370 e. The van der Waals surface area contributed by atoms with Crippen LogP contribution in [-0.4, -0.2) is 40.9 Å². The van der Waals surface area contributed by atoms with E-state index in [1.165, 1.54) is 10.8 Å². The van der Waals surface area contributed by atoms with Crippen molar-refractivity contribution in [3.63, 3.8) is 0 Å². The first kappa shape index (κ1) is 21.8. The Bertz CT molecular complexity index is 847. The standard InChI is InChI=1S/C17H29N3O6S/c1-4-11(2)12(3)14-5-6-15(26-14)13-9-20(17(22)19-16(13)21)10-18-7-8-27(23,24)25/h9,11-12,14-15,18H,4-8,10H2,1-3H3,(H,19,21,22)(H,23,24,25)/t11?,12?,14?,15-/m1/s1. The highest BCUT2D eigenvalue weighted by molar-refractivity contribution is 7.85. The molecule has 3 unspecified atom stereocenters. The lowest BCUT2D eigenvalue weighted by Crippen LogP contribution is -2.37. The highest BCUT2D eigenvalue weighted by Gasteiger charge is 2.33. The van der Waals surface area contributed by atoms with Gasteiger partial charge in [-0.3, -0.25) is 24.2 Å². The van der Waals surface area contributed by atoms with Gasteiger partial charge in [-0.2, -0.15) is 8.42 Å². The Morgan fingerprint density at radius 2 is 2.07 bits per heavy atom. The van der Waals surface area contributed by atoms with E-state index < -0.39 is 27.1 Å². The Balaban J connectivity index is 2.07. The van der Waals surface area contributed by atoms with Crippen LogP contribution in [0.5, 0.6) is 0 Å². The van der Waals surface area contributed by atoms with Crippen LogP contribution in [0.1, 0.15) is 51.7 Å². The maximum Gasteiger partial charge on any atom is 0.329 e. The van der Waals surface area contributed by atoms with Crippen molar-refractivity contribution in [3.8, 4) is 0 Å². The van der Waals surface area contributed by atoms with Crippen molar-refractivity contribution in [1.29, 1.82) is 0 Å². The third-order valence-electron chi connectivity index (χ3n) is 5.38. The van der Waals surface area contributed by atoms with E-state index in [1.807, 2.05) is 0 Å². The molecule has 27 heavy (non-hydrogen) atoms. The van der Waals surface area contributed by atoms with Crippen molar-refractivity contribution < 1.29 is 17.7 Å². The summed E-state index contributed by atoms with van der Waals surface area (Å²) in [6.45, 7) is 6.48. The number of H-pyrrole nitrogens is 1. The molecule has 3 N–H and O–H groups in total. The molecule has 0 bridgehead atoms. The van der Waals surface area contributed by atoms with Crippen molar-refractivity contribution in [2.24, 2.45) is 11.8 Å². The first-order chi connectivity index (χ1) is 12.6. The van der Waals surface area contributed by atoms with E-state index in [0.717, 1.165) is 12.8 Å². The molecule has 0 spiro atoms. The molecule has 1 aliphatic rings. The van der Waals surface area contributed by atoms with Crippen LogP contribution in [0.15, 0.2) is 15.8 Å². The lowest BCUT2D eigenvalue weighted by Gasteiger charge is -2.25. The Labute approximate surface area is 158 Å². The molecule has 10 heteroatoms. The Kier molecular flexibility index (Phi) is 7.38. The Morgan fingerprint density at radius 3 is 2.70 bits per heavy atom. The molecule has 1 saturated heterocycles. The summed E-state index contributed by atoms with van der Waals surface area (Å²) in [6, 6.07) is 0. The number of aromatic nitrogens is 2. The number of rotatable bonds is 9. The lowest BCUT2D eigenvalue weighted by molar-refractivity contribution is -0.00111. The maximum atomic E-state index is 12.2. The molecular weight excluding hydrogens is 374 g/mol. The monoisotopic (exact) mass is 403 g/mol. The summed E-state index contributed by atoms with van der Waals surface area (Å²) in [5, 5.41) is 2.75. The zero-order chi connectivity index (χ0) is 20.2. The van der Waals surface area contributed by atoms with E-state index in [2.05, 4.69) is 31.1 Å². The second-order valence-electron chi connectivity index (χ2n) is 7.24. The molecule has 0 aromatic carbocycles. The number of nitrogens with zero attached hydrogens (tertiary/aromatic N) is 1. The predicted octanol–water partition coefficient (Wildman–Crippen LogP) is 0.874. The molecule has 0 saturated carbocycles. The fraction of sp³-hybridized carbons (Fsp3) is 0.765. The average Bonchev–Trinajstić information content (AvgIpc) is 3.07. The molecule has 154 valence electrons. The summed E-state index contributed by atoms with van der Waals surface area (Å²) in [5.74, 6) is 0.443. The van der Waals surface area contributed by atoms with Crippen LogP contribution in [0.3, 0.4) is 0 Å². The van der Waals surface area contributed by atoms with Gasteiger partial charge in [-0.05, 0) is 24.7 Å². The average molecular weight is 404 g/mol. The smallest absolute Gasteiger partial charge is 0.329 e. The lowest BCUT2D eigenvalue weighted by atomic mass is 9.87. The van der Waals surface area contributed by atoms with Crippen LogP contribution < -0.4 is 16.6 Å². The topological polar surface area (TPSA) is 130 Å². The van der Waals surface area contributed by atoms with Gasteiger partial charge < -0.3 is 4.74 Å². The van der Waals surface area contributed by atoms with Crippen LogP contribution in [0.2, 0.25) is 0 Å². The first-order valence-corrected chi connectivity index (χ1v) is 10.9. The van der Waals surface area contributed by atoms with E-state index in [4.69, 9.17) is 9.29 Å². The summed E-state index contributed by atoms with van der Waals surface area (Å²) in [4.78, 5) is 26.5. The Morgan fingerprint density at radius 1 is 1.37 bits per heavy atom. The minimum atomic E-state index is -4.07. The molecule has 1 aromatic rings. The van der Waals surface area contributed by atoms with Gasteiger partial charge in [0.25, 0.3) is 15.7 Å². The van der Waals surface area contributed by atoms with Gasteiger partial charge in [-0.1, -0.05) is 27.2 Å². The van der Waals surface area contributed by atoms with Crippen molar-refractivity contribution >= 4 is 10.1 Å². The third kappa shape index (κ3) is 6.00. The quantitative estimate of drug-likeness (QED) is 0.412. The van der Waals surface area contributed by atoms with Gasteiger partial charge in [0.15, 0.2) is 0 Å². The number of hydrogen-bond acceptors (Lipinski definition) is 6. The summed E-state index contributed by atoms with van der Waals surface area (Å²) in [6.07, 6.45) is 3.81. The van der Waals surface area contributed by atoms with E-state index in [-0.39, 0.29) is 25.4 Å². The van der Waals surface area contributed by atoms with Gasteiger partial charge >= 0.3 is 5.69 Å². The van der Waals surface area contributed by atoms with Gasteiger partial charge in [0.1, 0.15) is 0 Å². The van der Waals surface area contributed by atoms with Crippen molar-refractivity contribution in [2.75, 3.05) is 12.3 Å². The van der Waals surface area contributed by atoms with Crippen LogP contribution in [0.25, 0.3) is 0 Å². The predicted molar refractivity (Wildman–Crippen MR) is 101 cm³/mol. The summed E-state index contributed by atoms with van der Waals surface area (Å²) in [5.41, 5.74) is -0.660. The Hall–Kier alpha value is -1.49. The molecule has 4 atom stereocenters. The van der Waals surface area contributed by atoms with Gasteiger partial charge in [-0.15, -0.1) is 0 Å². The van der Waals surface area contributed by atoms with Crippen molar-refractivity contribution in [1.82, 2.24) is 14.9 Å². The highest BCUT2D eigenvalue weighted by atomic mass is 32.2. The number of ether oxygens (including phenoxy) is 1. The van der Waals surface area contributed by atoms with Gasteiger partial charge in [0, 0.05) is 12.7 Å². The van der Waals surface area contributed by atoms with E-state index in [1.54, 1.807) is 0 Å². The van der Waals surface area contributed by atoms with Gasteiger partial charge in [0.2, 0.25) is 0 Å². The van der Waals surface area contributed by atoms with Crippen LogP contribution in [-0.2, 0) is 21.5 Å². The van der Waals surface area contributed by atoms with Crippen molar-refractivity contribution in [3.05, 3.63) is 32.6 Å². The maximum absolute atomic E-state index is 12.2. The van der Waals surface area contributed by atoms with E-state index in [9.17, 15) is 18.0 Å². The first-order valence-electron chi connectivity index (χ1n) is 9.27. The molecule has 1 aromatic heterocycles. The fourth-order valence-electron chi connectivity index (χ4n) is 3.29. The molecule has 2 rings (SSSR count). The fourth-order valence-corrected chi connectivity index (χ4v) is 3.69. The second kappa shape index (κ2) is 9.13. The number of hydrogen-bond donors (Lipinski definition) is 3. The largest absolute Gasteiger partial charge is 0.370 e. The molecule has 2 heterocycles. The summed E-state index contributed by atoms with van der Waals surface area (Å²) < 4.78 is 37.5. The minimum absolute atomic E-state index is 0.0115. The SMILES string of the molecule is CCC(C)C(C)C1CC[C@H](c2cn(CNCCS(=O)(=O)O)c(=O)[nH]c2=O)O1. The zero-order valence-corrected chi connectivity index (χ0v) is 16.8. The molecule has 1 aliphatic heterocycles. The van der Waals surface area contributed by atoms with Crippen LogP contribution in [0, 0.1) is 11.8 Å². The van der Waals surface area contributed by atoms with E-state index in [0.29, 0.717) is 23.8 Å². The summed E-state index contributed by atoms with van der Waals surface area (Å²) >= 11 is 0. The molecule has 0 aliphatic carbocycles. The second-order valence-corrected chi connectivity index (χ2v) is 8.81. The summed E-state index contributed by atoms with van der Waals surface area (Å²) in [7, 11) is -4.07. The number of aromatic amines is 1. The van der Waals surface area contributed by atoms with Gasteiger partial charge in [0.05, 0.1) is 30.2 Å². The molecule has 9 nitrogen and oxygen atoms in total. The number of nitrogens with one attached hydrogen (secondary N) is 2. The van der Waals surface area contributed by atoms with E-state index >= 15 is 0 Å². The van der Waals surface area contributed by atoms with Gasteiger partial charge in [-0.25, -0.2) is 4.79 Å². The molecule has 0 amide bonds. The molecule has 0 radical (unpaired) electrons. The zero-order valence-electron chi connectivity index (χ0n) is 16.0. The van der Waals surface area contributed by atoms with Crippen LogP contribution in [0.4, 0.5) is 0 Å². The third-order valence-corrected chi connectivity index (χ3v) is 6.10. The molecular formula is C17H29N3O6S.